The molecule has 0 aliphatic rings. The van der Waals surface area contributed by atoms with Crippen LogP contribution in [0.3, 0.4) is 0 Å². The highest BCUT2D eigenvalue weighted by Crippen LogP contribution is 2.07. The molecular weight excluding hydrogens is 158 g/mol. The summed E-state index contributed by atoms with van der Waals surface area (Å²) in [6, 6.07) is 0.380. The Labute approximate surface area is 73.4 Å². The largest absolute Gasteiger partial charge is 0.503 e. The summed E-state index contributed by atoms with van der Waals surface area (Å²) in [7, 11) is 0. The number of nitrogens with two attached hydrogens (primary N) is 1. The molecule has 74 valence electrons. The molecule has 0 saturated carbocycles. The van der Waals surface area contributed by atoms with Crippen molar-refractivity contribution in [2.24, 2.45) is 11.7 Å². The molecule has 4 heteroatoms. The van der Waals surface area contributed by atoms with Gasteiger partial charge in [-0.2, -0.15) is 0 Å². The summed E-state index contributed by atoms with van der Waals surface area (Å²) < 4.78 is 0. The molecule has 4 N–H and O–H groups in total. The minimum Gasteiger partial charge on any atom is -0.450 e. The van der Waals surface area contributed by atoms with Crippen molar-refractivity contribution in [2.45, 2.75) is 39.7 Å². The summed E-state index contributed by atoms with van der Waals surface area (Å²) in [6.07, 6.45) is 0.581. The van der Waals surface area contributed by atoms with Gasteiger partial charge in [-0.25, -0.2) is 4.79 Å². The summed E-state index contributed by atoms with van der Waals surface area (Å²) in [5, 5.41) is 13.9. The van der Waals surface area contributed by atoms with E-state index in [-0.39, 0.29) is 0 Å². The number of carboxylic acid groups (broad SMARTS) is 2. The molecule has 2 unspecified atom stereocenters. The SMILES string of the molecule is CCC(C)CC(C)N.O=C(O)O. The second kappa shape index (κ2) is 8.33. The predicted octanol–water partition coefficient (Wildman–Crippen LogP) is 1.99. The van der Waals surface area contributed by atoms with E-state index < -0.39 is 6.16 Å². The van der Waals surface area contributed by atoms with Gasteiger partial charge in [-0.3, -0.25) is 0 Å². The van der Waals surface area contributed by atoms with Gasteiger partial charge in [-0.15, -0.1) is 0 Å². The Morgan fingerprint density at radius 1 is 1.42 bits per heavy atom. The second-order valence-electron chi connectivity index (χ2n) is 3.01. The van der Waals surface area contributed by atoms with Crippen LogP contribution < -0.4 is 5.73 Å². The third-order valence-corrected chi connectivity index (χ3v) is 1.47. The molecule has 0 radical (unpaired) electrons. The summed E-state index contributed by atoms with van der Waals surface area (Å²) >= 11 is 0. The third-order valence-electron chi connectivity index (χ3n) is 1.47. The Morgan fingerprint density at radius 2 is 1.75 bits per heavy atom. The molecule has 0 saturated heterocycles. The predicted molar refractivity (Wildman–Crippen MR) is 48.4 cm³/mol. The van der Waals surface area contributed by atoms with Crippen molar-refractivity contribution >= 4 is 6.16 Å². The average Bonchev–Trinajstić information content (AvgIpc) is 1.84. The maximum absolute atomic E-state index is 8.56. The minimum absolute atomic E-state index is 0.380. The third kappa shape index (κ3) is 22.9. The van der Waals surface area contributed by atoms with E-state index >= 15 is 0 Å². The number of carbonyl (C=O) groups is 1. The lowest BCUT2D eigenvalue weighted by Crippen LogP contribution is -2.17. The lowest BCUT2D eigenvalue weighted by molar-refractivity contribution is 0.137. The van der Waals surface area contributed by atoms with Gasteiger partial charge >= 0.3 is 6.16 Å². The van der Waals surface area contributed by atoms with E-state index in [4.69, 9.17) is 20.7 Å². The van der Waals surface area contributed by atoms with Crippen molar-refractivity contribution in [1.82, 2.24) is 0 Å². The Bertz CT molecular complexity index is 111. The molecule has 0 spiro atoms. The van der Waals surface area contributed by atoms with Gasteiger partial charge in [0.2, 0.25) is 0 Å². The van der Waals surface area contributed by atoms with Crippen molar-refractivity contribution < 1.29 is 15.0 Å². The first-order chi connectivity index (χ1) is 5.40. The van der Waals surface area contributed by atoms with E-state index in [1.54, 1.807) is 0 Å². The Morgan fingerprint density at radius 3 is 1.83 bits per heavy atom. The lowest BCUT2D eigenvalue weighted by Gasteiger charge is -2.09. The maximum Gasteiger partial charge on any atom is 0.503 e. The highest BCUT2D eigenvalue weighted by molar-refractivity contribution is 5.53. The van der Waals surface area contributed by atoms with E-state index in [0.29, 0.717) is 6.04 Å². The highest BCUT2D eigenvalue weighted by Gasteiger charge is 2.00. The Kier molecular flexibility index (Phi) is 9.57. The molecule has 0 aromatic heterocycles. The average molecular weight is 177 g/mol. The summed E-state index contributed by atoms with van der Waals surface area (Å²) in [5.74, 6) is 0.801. The van der Waals surface area contributed by atoms with Crippen molar-refractivity contribution in [3.8, 4) is 0 Å². The van der Waals surface area contributed by atoms with Gasteiger partial charge in [0.05, 0.1) is 0 Å². The van der Waals surface area contributed by atoms with Gasteiger partial charge in [0.25, 0.3) is 0 Å². The standard InChI is InChI=1S/C7H17N.CH2O3/c1-4-6(2)5-7(3)8;2-1(3)4/h6-7H,4-5,8H2,1-3H3;(H2,2,3,4). The molecule has 12 heavy (non-hydrogen) atoms. The van der Waals surface area contributed by atoms with Crippen LogP contribution in [0, 0.1) is 5.92 Å². The normalized spacial score (nSPS) is 14.0. The van der Waals surface area contributed by atoms with Crippen LogP contribution in [0.2, 0.25) is 0 Å². The van der Waals surface area contributed by atoms with Crippen LogP contribution in [0.15, 0.2) is 0 Å². The Balaban J connectivity index is 0. The van der Waals surface area contributed by atoms with Crippen molar-refractivity contribution in [3.05, 3.63) is 0 Å². The smallest absolute Gasteiger partial charge is 0.450 e. The van der Waals surface area contributed by atoms with Crippen molar-refractivity contribution in [3.63, 3.8) is 0 Å². The fourth-order valence-corrected chi connectivity index (χ4v) is 0.801. The Hall–Kier alpha value is -0.770. The fourth-order valence-electron chi connectivity index (χ4n) is 0.801. The highest BCUT2D eigenvalue weighted by atomic mass is 16.6. The van der Waals surface area contributed by atoms with Gasteiger partial charge in [-0.05, 0) is 19.3 Å². The zero-order chi connectivity index (χ0) is 10.1. The van der Waals surface area contributed by atoms with Gasteiger partial charge < -0.3 is 15.9 Å². The van der Waals surface area contributed by atoms with Gasteiger partial charge in [-0.1, -0.05) is 20.3 Å². The number of hydrogen-bond donors (Lipinski definition) is 3. The first-order valence-corrected chi connectivity index (χ1v) is 4.07. The number of hydrogen-bond acceptors (Lipinski definition) is 2. The molecule has 0 fully saturated rings. The van der Waals surface area contributed by atoms with Gasteiger partial charge in [0.15, 0.2) is 0 Å². The molecule has 0 aliphatic carbocycles. The summed E-state index contributed by atoms with van der Waals surface area (Å²) in [5.41, 5.74) is 5.57. The number of rotatable bonds is 3. The molecule has 0 rings (SSSR count). The van der Waals surface area contributed by atoms with Gasteiger partial charge in [0, 0.05) is 6.04 Å². The van der Waals surface area contributed by atoms with E-state index in [0.717, 1.165) is 12.3 Å². The molecule has 0 bridgehead atoms. The van der Waals surface area contributed by atoms with E-state index in [2.05, 4.69) is 20.8 Å². The van der Waals surface area contributed by atoms with Crippen LogP contribution in [-0.2, 0) is 0 Å². The zero-order valence-electron chi connectivity index (χ0n) is 7.95. The van der Waals surface area contributed by atoms with E-state index in [1.807, 2.05) is 0 Å². The molecule has 0 aliphatic heterocycles. The van der Waals surface area contributed by atoms with Crippen LogP contribution >= 0.6 is 0 Å². The summed E-state index contributed by atoms with van der Waals surface area (Å²) in [6.45, 7) is 6.50. The van der Waals surface area contributed by atoms with Crippen molar-refractivity contribution in [1.29, 1.82) is 0 Å². The lowest BCUT2D eigenvalue weighted by atomic mass is 10.0. The van der Waals surface area contributed by atoms with Crippen LogP contribution in [0.4, 0.5) is 4.79 Å². The van der Waals surface area contributed by atoms with Crippen LogP contribution in [0.5, 0.6) is 0 Å². The van der Waals surface area contributed by atoms with Crippen LogP contribution in [0.25, 0.3) is 0 Å². The van der Waals surface area contributed by atoms with E-state index in [1.165, 1.54) is 6.42 Å². The molecule has 2 atom stereocenters. The maximum atomic E-state index is 8.56. The summed E-state index contributed by atoms with van der Waals surface area (Å²) in [4.78, 5) is 8.56. The van der Waals surface area contributed by atoms with Crippen molar-refractivity contribution in [2.75, 3.05) is 0 Å². The molecule has 4 nitrogen and oxygen atoms in total. The minimum atomic E-state index is -1.83. The molecular formula is C8H19NO3. The zero-order valence-corrected chi connectivity index (χ0v) is 7.95. The fraction of sp³-hybridized carbons (Fsp3) is 0.875. The first kappa shape index (κ1) is 13.8. The van der Waals surface area contributed by atoms with E-state index in [9.17, 15) is 0 Å². The first-order valence-electron chi connectivity index (χ1n) is 4.07. The molecule has 0 amide bonds. The molecule has 0 aromatic rings. The molecule has 0 heterocycles. The van der Waals surface area contributed by atoms with Crippen LogP contribution in [0.1, 0.15) is 33.6 Å². The molecule has 0 aromatic carbocycles. The topological polar surface area (TPSA) is 83.6 Å². The van der Waals surface area contributed by atoms with Crippen LogP contribution in [-0.4, -0.2) is 22.4 Å². The second-order valence-corrected chi connectivity index (χ2v) is 3.01. The van der Waals surface area contributed by atoms with Gasteiger partial charge in [0.1, 0.15) is 0 Å². The monoisotopic (exact) mass is 177 g/mol. The quantitative estimate of drug-likeness (QED) is 0.615.